The third-order valence-corrected chi connectivity index (χ3v) is 4.94. The van der Waals surface area contributed by atoms with Gasteiger partial charge in [0.15, 0.2) is 0 Å². The fourth-order valence-corrected chi connectivity index (χ4v) is 3.91. The zero-order valence-electron chi connectivity index (χ0n) is 14.8. The zero-order chi connectivity index (χ0) is 18.8. The summed E-state index contributed by atoms with van der Waals surface area (Å²) in [6.07, 6.45) is 4.58. The quantitative estimate of drug-likeness (QED) is 0.249. The third-order valence-electron chi connectivity index (χ3n) is 4.94. The summed E-state index contributed by atoms with van der Waals surface area (Å²) in [6.45, 7) is 2.17. The van der Waals surface area contributed by atoms with E-state index in [-0.39, 0.29) is 0 Å². The second kappa shape index (κ2) is 8.31. The Morgan fingerprint density at radius 2 is 1.33 bits per heavy atom. The standard InChI is InChI=1S/C24H17.2ClH.Zr/c1-16-13-17-9-6-12-22(23(17)14-16)24-20-10-4-2-7-18(20)15-19-8-3-5-11-21(19)24;;;/h2-15H,1H3;2*1H;/q;;;+2/p-2. The Bertz CT molecular complexity index is 1110. The van der Waals surface area contributed by atoms with Crippen LogP contribution in [0.2, 0.25) is 0 Å². The van der Waals surface area contributed by atoms with Gasteiger partial charge in [-0.15, -0.1) is 0 Å². The Hall–Kier alpha value is -1.40. The van der Waals surface area contributed by atoms with Gasteiger partial charge in [-0.2, -0.15) is 0 Å². The van der Waals surface area contributed by atoms with E-state index in [0.717, 1.165) is 0 Å². The first-order valence-electron chi connectivity index (χ1n) is 8.76. The number of benzene rings is 4. The summed E-state index contributed by atoms with van der Waals surface area (Å²) in [5.74, 6) is 0. The maximum absolute atomic E-state index is 4.93. The second-order valence-electron chi connectivity index (χ2n) is 6.61. The van der Waals surface area contributed by atoms with Crippen molar-refractivity contribution in [1.82, 2.24) is 0 Å². The van der Waals surface area contributed by atoms with Crippen LogP contribution in [0.1, 0.15) is 18.1 Å². The topological polar surface area (TPSA) is 0 Å². The minimum atomic E-state index is -0.826. The molecule has 1 radical (unpaired) electrons. The molecule has 0 aromatic heterocycles. The fraction of sp³-hybridized carbons (Fsp3) is 0.0417. The number of fused-ring (bicyclic) bond motifs is 3. The van der Waals surface area contributed by atoms with Crippen LogP contribution in [0.15, 0.2) is 78.4 Å². The number of rotatable bonds is 1. The molecule has 0 amide bonds. The van der Waals surface area contributed by atoms with Gasteiger partial charge in [0.25, 0.3) is 0 Å². The molecule has 0 atom stereocenters. The van der Waals surface area contributed by atoms with E-state index in [2.05, 4.69) is 92.2 Å². The molecule has 0 aliphatic heterocycles. The van der Waals surface area contributed by atoms with E-state index in [4.69, 9.17) is 17.0 Å². The van der Waals surface area contributed by atoms with Crippen molar-refractivity contribution in [3.05, 3.63) is 95.9 Å². The van der Waals surface area contributed by atoms with Crippen molar-refractivity contribution in [2.24, 2.45) is 0 Å². The molecule has 0 saturated carbocycles. The van der Waals surface area contributed by atoms with Gasteiger partial charge in [0.05, 0.1) is 0 Å². The van der Waals surface area contributed by atoms with E-state index < -0.39 is 20.8 Å². The summed E-state index contributed by atoms with van der Waals surface area (Å²) < 4.78 is 0. The first-order valence-corrected chi connectivity index (χ1v) is 15.1. The SMILES string of the molecule is CC1=Cc2c(cccc2-c2c3ccccc3cc3ccccc23)[CH]1.[Cl][Zr][Cl]. The van der Waals surface area contributed by atoms with Gasteiger partial charge in [0, 0.05) is 6.42 Å². The summed E-state index contributed by atoms with van der Waals surface area (Å²) in [7, 11) is 9.87. The van der Waals surface area contributed by atoms with Crippen molar-refractivity contribution >= 4 is 44.6 Å². The van der Waals surface area contributed by atoms with Gasteiger partial charge in [-0.1, -0.05) is 78.4 Å². The molecule has 1 aliphatic carbocycles. The molecular weight excluding hydrogens is 450 g/mol. The van der Waals surface area contributed by atoms with Crippen molar-refractivity contribution in [3.8, 4) is 11.1 Å². The molecule has 0 saturated heterocycles. The molecule has 0 nitrogen and oxygen atoms in total. The van der Waals surface area contributed by atoms with E-state index in [1.54, 1.807) is 0 Å². The van der Waals surface area contributed by atoms with Gasteiger partial charge in [-0.25, -0.2) is 0 Å². The van der Waals surface area contributed by atoms with Gasteiger partial charge < -0.3 is 0 Å². The maximum atomic E-state index is 4.93. The monoisotopic (exact) mass is 465 g/mol. The van der Waals surface area contributed by atoms with Crippen molar-refractivity contribution in [1.29, 1.82) is 0 Å². The van der Waals surface area contributed by atoms with Gasteiger partial charge >= 0.3 is 37.9 Å². The minimum absolute atomic E-state index is 0.826. The van der Waals surface area contributed by atoms with Crippen LogP contribution in [0.25, 0.3) is 38.7 Å². The Kier molecular flexibility index (Phi) is 5.83. The first kappa shape index (κ1) is 18.9. The van der Waals surface area contributed by atoms with Crippen LogP contribution in [-0.4, -0.2) is 0 Å². The number of allylic oxidation sites excluding steroid dienone is 1. The van der Waals surface area contributed by atoms with Crippen molar-refractivity contribution in [2.45, 2.75) is 6.92 Å². The molecule has 4 aromatic carbocycles. The van der Waals surface area contributed by atoms with E-state index in [1.807, 2.05) is 0 Å². The molecule has 0 N–H and O–H groups in total. The fourth-order valence-electron chi connectivity index (χ4n) is 3.91. The molecule has 0 heterocycles. The van der Waals surface area contributed by atoms with E-state index in [1.165, 1.54) is 49.4 Å². The van der Waals surface area contributed by atoms with Crippen LogP contribution in [0.3, 0.4) is 0 Å². The van der Waals surface area contributed by atoms with E-state index in [0.29, 0.717) is 0 Å². The van der Waals surface area contributed by atoms with Gasteiger partial charge in [-0.05, 0) is 56.8 Å². The Morgan fingerprint density at radius 1 is 0.741 bits per heavy atom. The van der Waals surface area contributed by atoms with Gasteiger partial charge in [-0.3, -0.25) is 0 Å². The van der Waals surface area contributed by atoms with Crippen LogP contribution < -0.4 is 0 Å². The molecule has 0 fully saturated rings. The normalized spacial score (nSPS) is 12.3. The van der Waals surface area contributed by atoms with Crippen molar-refractivity contribution < 1.29 is 20.8 Å². The van der Waals surface area contributed by atoms with Crippen molar-refractivity contribution in [2.75, 3.05) is 0 Å². The molecule has 0 spiro atoms. The van der Waals surface area contributed by atoms with Crippen LogP contribution >= 0.6 is 17.0 Å². The second-order valence-corrected chi connectivity index (χ2v) is 10.3. The predicted octanol–water partition coefficient (Wildman–Crippen LogP) is 8.01. The first-order chi connectivity index (χ1) is 13.2. The molecule has 0 bridgehead atoms. The van der Waals surface area contributed by atoms with E-state index >= 15 is 0 Å². The Balaban J connectivity index is 0.000000565. The number of hydrogen-bond acceptors (Lipinski definition) is 0. The van der Waals surface area contributed by atoms with Crippen LogP contribution in [-0.2, 0) is 20.8 Å². The predicted molar refractivity (Wildman–Crippen MR) is 116 cm³/mol. The average molecular weight is 468 g/mol. The van der Waals surface area contributed by atoms with Gasteiger partial charge in [0.2, 0.25) is 0 Å². The Labute approximate surface area is 178 Å². The van der Waals surface area contributed by atoms with Crippen molar-refractivity contribution in [3.63, 3.8) is 0 Å². The summed E-state index contributed by atoms with van der Waals surface area (Å²) in [5, 5.41) is 5.24. The third kappa shape index (κ3) is 3.66. The molecule has 0 unspecified atom stereocenters. The molecule has 131 valence electrons. The Morgan fingerprint density at radius 3 is 1.96 bits per heavy atom. The summed E-state index contributed by atoms with van der Waals surface area (Å²) >= 11 is -0.826. The molecular formula is C24H17Cl2Zr. The molecule has 3 heteroatoms. The molecule has 4 aromatic rings. The summed E-state index contributed by atoms with van der Waals surface area (Å²) in [4.78, 5) is 0. The van der Waals surface area contributed by atoms with Crippen LogP contribution in [0, 0.1) is 6.42 Å². The average Bonchev–Trinajstić information content (AvgIpc) is 3.07. The molecule has 27 heavy (non-hydrogen) atoms. The number of halogens is 2. The van der Waals surface area contributed by atoms with Gasteiger partial charge in [0.1, 0.15) is 0 Å². The number of hydrogen-bond donors (Lipinski definition) is 0. The molecule has 1 aliphatic rings. The zero-order valence-corrected chi connectivity index (χ0v) is 18.8. The summed E-state index contributed by atoms with van der Waals surface area (Å²) in [5.41, 5.74) is 6.66. The summed E-state index contributed by atoms with van der Waals surface area (Å²) in [6, 6.07) is 26.4. The van der Waals surface area contributed by atoms with Crippen LogP contribution in [0.4, 0.5) is 0 Å². The van der Waals surface area contributed by atoms with Crippen LogP contribution in [0.5, 0.6) is 0 Å². The van der Waals surface area contributed by atoms with E-state index in [9.17, 15) is 0 Å². The molecule has 5 rings (SSSR count).